The Labute approximate surface area is 169 Å². The van der Waals surface area contributed by atoms with Crippen molar-refractivity contribution in [3.05, 3.63) is 80.4 Å². The van der Waals surface area contributed by atoms with Crippen LogP contribution in [0.1, 0.15) is 50.1 Å². The van der Waals surface area contributed by atoms with Crippen molar-refractivity contribution in [1.29, 1.82) is 0 Å². The molecule has 144 valence electrons. The Morgan fingerprint density at radius 2 is 0.893 bits per heavy atom. The third-order valence-electron chi connectivity index (χ3n) is 7.28. The Bertz CT molecular complexity index is 1160. The van der Waals surface area contributed by atoms with Crippen LogP contribution in [0.3, 0.4) is 0 Å². The molecule has 0 fully saturated rings. The van der Waals surface area contributed by atoms with E-state index in [0.29, 0.717) is 0 Å². The van der Waals surface area contributed by atoms with Crippen LogP contribution in [0.5, 0.6) is 0 Å². The van der Waals surface area contributed by atoms with Crippen molar-refractivity contribution in [2.75, 3.05) is 0 Å². The van der Waals surface area contributed by atoms with Crippen LogP contribution in [0.2, 0.25) is 0 Å². The van der Waals surface area contributed by atoms with Crippen molar-refractivity contribution in [3.8, 4) is 0 Å². The number of nitrogens with zero attached hydrogens (tertiary/aromatic N) is 1. The van der Waals surface area contributed by atoms with Crippen LogP contribution in [-0.2, 0) is 6.54 Å². The van der Waals surface area contributed by atoms with Crippen molar-refractivity contribution in [2.45, 2.75) is 61.9 Å². The lowest BCUT2D eigenvalue weighted by molar-refractivity contribution is 0.860. The molecule has 28 heavy (non-hydrogen) atoms. The van der Waals surface area contributed by atoms with E-state index in [2.05, 4.69) is 90.3 Å². The van der Waals surface area contributed by atoms with E-state index in [-0.39, 0.29) is 0 Å². The van der Waals surface area contributed by atoms with Gasteiger partial charge in [0.1, 0.15) is 0 Å². The average Bonchev–Trinajstić information content (AvgIpc) is 3.03. The predicted octanol–water partition coefficient (Wildman–Crippen LogP) is 7.31. The Morgan fingerprint density at radius 3 is 1.32 bits per heavy atom. The molecule has 0 spiro atoms. The molecule has 0 radical (unpaired) electrons. The molecule has 0 aliphatic heterocycles. The summed E-state index contributed by atoms with van der Waals surface area (Å²) >= 11 is 0. The van der Waals surface area contributed by atoms with Gasteiger partial charge in [-0.1, -0.05) is 30.3 Å². The molecule has 0 aliphatic carbocycles. The first-order valence-corrected chi connectivity index (χ1v) is 10.3. The third-order valence-corrected chi connectivity index (χ3v) is 7.28. The zero-order chi connectivity index (χ0) is 20.3. The monoisotopic (exact) mass is 369 g/mol. The molecule has 0 saturated heterocycles. The minimum absolute atomic E-state index is 0.909. The fourth-order valence-electron chi connectivity index (χ4n) is 4.91. The minimum Gasteiger partial charge on any atom is -0.336 e. The molecule has 0 saturated carbocycles. The van der Waals surface area contributed by atoms with Crippen molar-refractivity contribution in [3.63, 3.8) is 0 Å². The van der Waals surface area contributed by atoms with Gasteiger partial charge < -0.3 is 4.57 Å². The van der Waals surface area contributed by atoms with Crippen molar-refractivity contribution >= 4 is 21.8 Å². The van der Waals surface area contributed by atoms with E-state index in [1.807, 2.05) is 0 Å². The number of benzene rings is 3. The van der Waals surface area contributed by atoms with Crippen LogP contribution in [-0.4, -0.2) is 4.57 Å². The second-order valence-electron chi connectivity index (χ2n) is 8.52. The second kappa shape index (κ2) is 6.51. The molecule has 0 bridgehead atoms. The lowest BCUT2D eigenvalue weighted by Crippen LogP contribution is -2.04. The lowest BCUT2D eigenvalue weighted by atomic mass is 9.90. The number of hydrogen-bond donors (Lipinski definition) is 0. The van der Waals surface area contributed by atoms with Gasteiger partial charge in [0.15, 0.2) is 0 Å². The number of aryl methyl sites for hydroxylation is 4. The van der Waals surface area contributed by atoms with Gasteiger partial charge in [-0.25, -0.2) is 0 Å². The molecular weight excluding hydrogens is 338 g/mol. The fraction of sp³-hybridized carbons (Fsp3) is 0.333. The van der Waals surface area contributed by atoms with Crippen molar-refractivity contribution in [2.24, 2.45) is 0 Å². The summed E-state index contributed by atoms with van der Waals surface area (Å²) in [6.07, 6.45) is 0. The quantitative estimate of drug-likeness (QED) is 0.349. The molecular formula is C27H31N. The maximum Gasteiger partial charge on any atom is 0.0529 e. The van der Waals surface area contributed by atoms with Gasteiger partial charge in [-0.15, -0.1) is 0 Å². The molecule has 0 N–H and O–H groups in total. The van der Waals surface area contributed by atoms with Crippen LogP contribution in [0.25, 0.3) is 21.8 Å². The molecule has 1 heterocycles. The highest BCUT2D eigenvalue weighted by Gasteiger charge is 2.22. The van der Waals surface area contributed by atoms with Crippen LogP contribution in [0, 0.1) is 55.4 Å². The van der Waals surface area contributed by atoms with Gasteiger partial charge in [-0.05, 0) is 105 Å². The largest absolute Gasteiger partial charge is 0.336 e. The Hall–Kier alpha value is -2.54. The summed E-state index contributed by atoms with van der Waals surface area (Å²) in [6.45, 7) is 19.2. The smallest absolute Gasteiger partial charge is 0.0529 e. The standard InChI is InChI=1S/C27H31N/c1-15-17(3)21(7)26-24(19(15)5)25-20(6)16(2)18(4)22(8)27(25)28(26)14-23-12-10-9-11-13-23/h9-13H,14H2,1-8H3. The maximum absolute atomic E-state index is 2.59. The Balaban J connectivity index is 2.29. The van der Waals surface area contributed by atoms with E-state index >= 15 is 0 Å². The zero-order valence-electron chi connectivity index (χ0n) is 18.5. The summed E-state index contributed by atoms with van der Waals surface area (Å²) in [5.41, 5.74) is 15.6. The van der Waals surface area contributed by atoms with Gasteiger partial charge in [-0.2, -0.15) is 0 Å². The van der Waals surface area contributed by atoms with Gasteiger partial charge in [0.05, 0.1) is 11.0 Å². The first-order chi connectivity index (χ1) is 13.3. The van der Waals surface area contributed by atoms with E-state index < -0.39 is 0 Å². The van der Waals surface area contributed by atoms with Crippen LogP contribution in [0.15, 0.2) is 30.3 Å². The topological polar surface area (TPSA) is 4.93 Å². The predicted molar refractivity (Wildman–Crippen MR) is 123 cm³/mol. The van der Waals surface area contributed by atoms with E-state index in [1.165, 1.54) is 71.9 Å². The first-order valence-electron chi connectivity index (χ1n) is 10.3. The molecule has 0 unspecified atom stereocenters. The lowest BCUT2D eigenvalue weighted by Gasteiger charge is -2.16. The summed E-state index contributed by atoms with van der Waals surface area (Å²) in [4.78, 5) is 0. The van der Waals surface area contributed by atoms with Gasteiger partial charge >= 0.3 is 0 Å². The Morgan fingerprint density at radius 1 is 0.500 bits per heavy atom. The fourth-order valence-corrected chi connectivity index (χ4v) is 4.91. The molecule has 0 aliphatic rings. The number of fused-ring (bicyclic) bond motifs is 3. The SMILES string of the molecule is Cc1c(C)c(C)c2c(c1C)c1c(C)c(C)c(C)c(C)c1n2Cc1ccccc1. The third kappa shape index (κ3) is 2.45. The van der Waals surface area contributed by atoms with E-state index in [9.17, 15) is 0 Å². The highest BCUT2D eigenvalue weighted by molar-refractivity contribution is 6.14. The van der Waals surface area contributed by atoms with Crippen LogP contribution < -0.4 is 0 Å². The molecule has 4 aromatic rings. The summed E-state index contributed by atoms with van der Waals surface area (Å²) in [7, 11) is 0. The van der Waals surface area contributed by atoms with Gasteiger partial charge in [-0.3, -0.25) is 0 Å². The molecule has 3 aromatic carbocycles. The molecule has 4 rings (SSSR count). The molecule has 0 atom stereocenters. The highest BCUT2D eigenvalue weighted by atomic mass is 15.0. The summed E-state index contributed by atoms with van der Waals surface area (Å²) in [6, 6.07) is 10.9. The van der Waals surface area contributed by atoms with Crippen molar-refractivity contribution < 1.29 is 0 Å². The van der Waals surface area contributed by atoms with Crippen molar-refractivity contribution in [1.82, 2.24) is 4.57 Å². The summed E-state index contributed by atoms with van der Waals surface area (Å²) < 4.78 is 2.59. The van der Waals surface area contributed by atoms with Crippen LogP contribution >= 0.6 is 0 Å². The minimum atomic E-state index is 0.909. The molecule has 1 aromatic heterocycles. The van der Waals surface area contributed by atoms with E-state index in [0.717, 1.165) is 6.54 Å². The highest BCUT2D eigenvalue weighted by Crippen LogP contribution is 2.42. The van der Waals surface area contributed by atoms with Gasteiger partial charge in [0.2, 0.25) is 0 Å². The summed E-state index contributed by atoms with van der Waals surface area (Å²) in [5, 5.41) is 2.91. The maximum atomic E-state index is 2.59. The number of rotatable bonds is 2. The van der Waals surface area contributed by atoms with Gasteiger partial charge in [0.25, 0.3) is 0 Å². The average molecular weight is 370 g/mol. The summed E-state index contributed by atoms with van der Waals surface area (Å²) in [5.74, 6) is 0. The second-order valence-corrected chi connectivity index (χ2v) is 8.52. The first kappa shape index (κ1) is 18.8. The van der Waals surface area contributed by atoms with Gasteiger partial charge in [0, 0.05) is 17.3 Å². The molecule has 0 amide bonds. The number of hydrogen-bond acceptors (Lipinski definition) is 0. The molecule has 1 nitrogen and oxygen atoms in total. The Kier molecular flexibility index (Phi) is 4.38. The number of aromatic nitrogens is 1. The zero-order valence-corrected chi connectivity index (χ0v) is 18.5. The normalized spacial score (nSPS) is 11.7. The molecule has 1 heteroatoms. The van der Waals surface area contributed by atoms with E-state index in [1.54, 1.807) is 0 Å². The van der Waals surface area contributed by atoms with Crippen LogP contribution in [0.4, 0.5) is 0 Å². The van der Waals surface area contributed by atoms with E-state index in [4.69, 9.17) is 0 Å².